The van der Waals surface area contributed by atoms with Crippen LogP contribution in [0.1, 0.15) is 39.0 Å². The van der Waals surface area contributed by atoms with E-state index in [-0.39, 0.29) is 11.4 Å². The van der Waals surface area contributed by atoms with Crippen LogP contribution in [-0.2, 0) is 9.59 Å². The third-order valence-corrected chi connectivity index (χ3v) is 3.69. The van der Waals surface area contributed by atoms with Crippen LogP contribution >= 0.6 is 0 Å². The third-order valence-electron chi connectivity index (χ3n) is 3.69. The lowest BCUT2D eigenvalue weighted by atomic mass is 9.71. The molecule has 2 fully saturated rings. The molecule has 2 rings (SSSR count). The summed E-state index contributed by atoms with van der Waals surface area (Å²) < 4.78 is 0. The van der Waals surface area contributed by atoms with E-state index in [1.165, 1.54) is 19.3 Å². The van der Waals surface area contributed by atoms with Gasteiger partial charge in [-0.05, 0) is 25.7 Å². The average molecular weight is 210 g/mol. The van der Waals surface area contributed by atoms with Crippen LogP contribution in [0.5, 0.6) is 0 Å². The van der Waals surface area contributed by atoms with Gasteiger partial charge in [0, 0.05) is 24.9 Å². The van der Waals surface area contributed by atoms with Crippen molar-refractivity contribution in [3.05, 3.63) is 0 Å². The third kappa shape index (κ3) is 1.91. The molecule has 1 N–H and O–H groups in total. The minimum atomic E-state index is -0.0573. The smallest absolute Gasteiger partial charge is 0.238 e. The van der Waals surface area contributed by atoms with Gasteiger partial charge < -0.3 is 4.79 Å². The number of nitrogens with one attached hydrogen (secondary N) is 1. The van der Waals surface area contributed by atoms with Crippen molar-refractivity contribution in [2.75, 3.05) is 6.54 Å². The molecule has 1 aliphatic carbocycles. The van der Waals surface area contributed by atoms with Gasteiger partial charge in [-0.2, -0.15) is 0 Å². The van der Waals surface area contributed by atoms with E-state index in [0.29, 0.717) is 25.3 Å². The predicted molar refractivity (Wildman–Crippen MR) is 55.9 cm³/mol. The van der Waals surface area contributed by atoms with E-state index >= 15 is 0 Å². The number of rotatable bonds is 4. The van der Waals surface area contributed by atoms with Gasteiger partial charge in [0.15, 0.2) is 0 Å². The summed E-state index contributed by atoms with van der Waals surface area (Å²) in [5.41, 5.74) is 3.22. The van der Waals surface area contributed by atoms with Gasteiger partial charge in [0.1, 0.15) is 6.29 Å². The molecule has 15 heavy (non-hydrogen) atoms. The lowest BCUT2D eigenvalue weighted by Crippen LogP contribution is -2.51. The van der Waals surface area contributed by atoms with E-state index in [2.05, 4.69) is 12.3 Å². The highest BCUT2D eigenvalue weighted by molar-refractivity contribution is 5.79. The predicted octanol–water partition coefficient (Wildman–Crippen LogP) is 0.871. The average Bonchev–Trinajstić information content (AvgIpc) is 2.35. The first-order chi connectivity index (χ1) is 7.15. The fourth-order valence-electron chi connectivity index (χ4n) is 2.46. The topological polar surface area (TPSA) is 49.4 Å². The van der Waals surface area contributed by atoms with Crippen molar-refractivity contribution >= 4 is 12.2 Å². The summed E-state index contributed by atoms with van der Waals surface area (Å²) >= 11 is 0. The van der Waals surface area contributed by atoms with Gasteiger partial charge >= 0.3 is 0 Å². The van der Waals surface area contributed by atoms with Crippen LogP contribution in [0.2, 0.25) is 0 Å². The molecule has 1 aliphatic heterocycles. The number of carbonyl (C=O) groups excluding carboxylic acids is 2. The normalized spacial score (nSPS) is 31.8. The van der Waals surface area contributed by atoms with E-state index in [4.69, 9.17) is 0 Å². The van der Waals surface area contributed by atoms with Gasteiger partial charge in [-0.1, -0.05) is 6.42 Å². The molecule has 0 aromatic carbocycles. The Balaban J connectivity index is 1.95. The zero-order chi connectivity index (χ0) is 10.9. The molecule has 1 saturated carbocycles. The van der Waals surface area contributed by atoms with Crippen LogP contribution < -0.4 is 5.43 Å². The van der Waals surface area contributed by atoms with Crippen LogP contribution in [-0.4, -0.2) is 29.3 Å². The van der Waals surface area contributed by atoms with Crippen LogP contribution in [0.15, 0.2) is 0 Å². The van der Waals surface area contributed by atoms with Gasteiger partial charge in [0.25, 0.3) is 0 Å². The first kappa shape index (κ1) is 10.6. The van der Waals surface area contributed by atoms with E-state index < -0.39 is 0 Å². The van der Waals surface area contributed by atoms with Crippen LogP contribution in [0.3, 0.4) is 0 Å². The zero-order valence-electron chi connectivity index (χ0n) is 9.16. The summed E-state index contributed by atoms with van der Waals surface area (Å²) in [5, 5.41) is 1.62. The van der Waals surface area contributed by atoms with Crippen LogP contribution in [0.4, 0.5) is 0 Å². The van der Waals surface area contributed by atoms with Crippen molar-refractivity contribution in [2.24, 2.45) is 5.92 Å². The molecule has 0 aromatic heterocycles. The largest absolute Gasteiger partial charge is 0.303 e. The molecule has 2 aliphatic rings. The van der Waals surface area contributed by atoms with Crippen LogP contribution in [0.25, 0.3) is 0 Å². The monoisotopic (exact) mass is 210 g/mol. The molecule has 4 heteroatoms. The highest BCUT2D eigenvalue weighted by atomic mass is 16.2. The molecule has 84 valence electrons. The second-order valence-electron chi connectivity index (χ2n) is 4.83. The van der Waals surface area contributed by atoms with Gasteiger partial charge in [0.05, 0.1) is 0 Å². The molecule has 1 heterocycles. The lowest BCUT2D eigenvalue weighted by Gasteiger charge is -2.40. The van der Waals surface area contributed by atoms with E-state index in [9.17, 15) is 9.59 Å². The molecule has 0 bridgehead atoms. The highest BCUT2D eigenvalue weighted by Gasteiger charge is 2.46. The summed E-state index contributed by atoms with van der Waals surface area (Å²) in [7, 11) is 0. The SMILES string of the molecule is CC1(C2CCC2)CC(=O)N(CCC=O)N1. The Hall–Kier alpha value is -0.900. The molecular weight excluding hydrogens is 192 g/mol. The Morgan fingerprint density at radius 3 is 2.87 bits per heavy atom. The minimum absolute atomic E-state index is 0.0573. The number of hydrogen-bond donors (Lipinski definition) is 1. The quantitative estimate of drug-likeness (QED) is 0.700. The number of hydrazine groups is 1. The molecule has 4 nitrogen and oxygen atoms in total. The van der Waals surface area contributed by atoms with Crippen molar-refractivity contribution in [1.82, 2.24) is 10.4 Å². The van der Waals surface area contributed by atoms with Crippen molar-refractivity contribution < 1.29 is 9.59 Å². The Morgan fingerprint density at radius 2 is 2.33 bits per heavy atom. The van der Waals surface area contributed by atoms with Gasteiger partial charge in [-0.3, -0.25) is 9.80 Å². The maximum atomic E-state index is 11.7. The molecule has 1 unspecified atom stereocenters. The van der Waals surface area contributed by atoms with Crippen molar-refractivity contribution in [3.8, 4) is 0 Å². The molecule has 0 aromatic rings. The fourth-order valence-corrected chi connectivity index (χ4v) is 2.46. The molecule has 0 spiro atoms. The van der Waals surface area contributed by atoms with Gasteiger partial charge in [-0.25, -0.2) is 5.43 Å². The van der Waals surface area contributed by atoms with Gasteiger partial charge in [-0.15, -0.1) is 0 Å². The van der Waals surface area contributed by atoms with Crippen molar-refractivity contribution in [1.29, 1.82) is 0 Å². The Bertz CT molecular complexity index is 276. The van der Waals surface area contributed by atoms with E-state index in [1.807, 2.05) is 0 Å². The zero-order valence-corrected chi connectivity index (χ0v) is 9.16. The number of carbonyl (C=O) groups is 2. The molecular formula is C11H18N2O2. The highest BCUT2D eigenvalue weighted by Crippen LogP contribution is 2.40. The standard InChI is InChI=1S/C11H18N2O2/c1-11(9-4-2-5-9)8-10(15)13(12-11)6-3-7-14/h7,9,12H,2-6,8H2,1H3. The van der Waals surface area contributed by atoms with Crippen molar-refractivity contribution in [2.45, 2.75) is 44.6 Å². The minimum Gasteiger partial charge on any atom is -0.303 e. The molecule has 1 atom stereocenters. The first-order valence-electron chi connectivity index (χ1n) is 5.67. The summed E-state index contributed by atoms with van der Waals surface area (Å²) in [6.07, 6.45) is 5.57. The second-order valence-corrected chi connectivity index (χ2v) is 4.83. The second kappa shape index (κ2) is 3.93. The molecule has 1 saturated heterocycles. The fraction of sp³-hybridized carbons (Fsp3) is 0.818. The summed E-state index contributed by atoms with van der Waals surface area (Å²) in [5.74, 6) is 0.758. The van der Waals surface area contributed by atoms with Crippen molar-refractivity contribution in [3.63, 3.8) is 0 Å². The first-order valence-corrected chi connectivity index (χ1v) is 5.67. The number of nitrogens with zero attached hydrogens (tertiary/aromatic N) is 1. The Kier molecular flexibility index (Phi) is 2.78. The number of hydrogen-bond acceptors (Lipinski definition) is 3. The lowest BCUT2D eigenvalue weighted by molar-refractivity contribution is -0.129. The van der Waals surface area contributed by atoms with E-state index in [1.54, 1.807) is 5.01 Å². The summed E-state index contributed by atoms with van der Waals surface area (Å²) in [6.45, 7) is 2.63. The molecule has 1 amide bonds. The Labute approximate surface area is 90.0 Å². The maximum Gasteiger partial charge on any atom is 0.238 e. The van der Waals surface area contributed by atoms with Crippen LogP contribution in [0, 0.1) is 5.92 Å². The van der Waals surface area contributed by atoms with E-state index in [0.717, 1.165) is 6.29 Å². The summed E-state index contributed by atoms with van der Waals surface area (Å²) in [4.78, 5) is 22.0. The number of amides is 1. The maximum absolute atomic E-state index is 11.7. The number of aldehydes is 1. The Morgan fingerprint density at radius 1 is 1.60 bits per heavy atom. The summed E-state index contributed by atoms with van der Waals surface area (Å²) in [6, 6.07) is 0. The molecule has 0 radical (unpaired) electrons. The van der Waals surface area contributed by atoms with Gasteiger partial charge in [0.2, 0.25) is 5.91 Å².